The Morgan fingerprint density at radius 2 is 1.04 bits per heavy atom. The number of carbonyl (C=O) groups excluding carboxylic acids is 2. The molecule has 142 valence electrons. The van der Waals surface area contributed by atoms with Crippen LogP contribution in [0.4, 0.5) is 0 Å². The van der Waals surface area contributed by atoms with Gasteiger partial charge >= 0.3 is 11.9 Å². The minimum Gasteiger partial charge on any atom is -0.469 e. The Bertz CT molecular complexity index is 968. The number of ether oxygens (including phenoxy) is 2. The summed E-state index contributed by atoms with van der Waals surface area (Å²) in [6.45, 7) is 0. The van der Waals surface area contributed by atoms with Crippen molar-refractivity contribution in [3.63, 3.8) is 0 Å². The lowest BCUT2D eigenvalue weighted by Crippen LogP contribution is -2.46. The SMILES string of the molecule is COC(=O)C12CC34CC1(C(=O)OC)CC3(C2)c1ccccc1-c1ccccc14. The highest BCUT2D eigenvalue weighted by molar-refractivity contribution is 5.96. The van der Waals surface area contributed by atoms with Crippen molar-refractivity contribution in [1.29, 1.82) is 0 Å². The largest absolute Gasteiger partial charge is 0.469 e. The van der Waals surface area contributed by atoms with Gasteiger partial charge in [-0.2, -0.15) is 0 Å². The van der Waals surface area contributed by atoms with Gasteiger partial charge in [-0.05, 0) is 47.9 Å². The number of fused-ring (bicyclic) bond motifs is 3. The van der Waals surface area contributed by atoms with Crippen LogP contribution < -0.4 is 0 Å². The summed E-state index contributed by atoms with van der Waals surface area (Å²) >= 11 is 0. The van der Waals surface area contributed by atoms with Crippen LogP contribution in [0.5, 0.6) is 0 Å². The van der Waals surface area contributed by atoms with Crippen molar-refractivity contribution >= 4 is 11.9 Å². The molecule has 7 rings (SSSR count). The van der Waals surface area contributed by atoms with E-state index in [4.69, 9.17) is 9.47 Å². The second kappa shape index (κ2) is 4.68. The van der Waals surface area contributed by atoms with Gasteiger partial charge in [0, 0.05) is 10.8 Å². The highest BCUT2D eigenvalue weighted by Gasteiger charge is 2.90. The second-order valence-electron chi connectivity index (χ2n) is 9.11. The highest BCUT2D eigenvalue weighted by atomic mass is 16.5. The smallest absolute Gasteiger partial charge is 0.313 e. The van der Waals surface area contributed by atoms with Crippen LogP contribution in [0.2, 0.25) is 0 Å². The molecule has 5 aliphatic rings. The quantitative estimate of drug-likeness (QED) is 0.751. The third kappa shape index (κ3) is 1.34. The summed E-state index contributed by atoms with van der Waals surface area (Å²) in [6.07, 6.45) is 2.64. The molecule has 5 aliphatic carbocycles. The summed E-state index contributed by atoms with van der Waals surface area (Å²) < 4.78 is 10.6. The first-order valence-electron chi connectivity index (χ1n) is 9.87. The summed E-state index contributed by atoms with van der Waals surface area (Å²) in [4.78, 5) is 26.4. The molecular weight excluding hydrogens is 352 g/mol. The van der Waals surface area contributed by atoms with Crippen LogP contribution in [0.3, 0.4) is 0 Å². The molecule has 4 heteroatoms. The first-order valence-corrected chi connectivity index (χ1v) is 9.87. The van der Waals surface area contributed by atoms with E-state index in [9.17, 15) is 9.59 Å². The van der Waals surface area contributed by atoms with Gasteiger partial charge in [-0.25, -0.2) is 0 Å². The minimum atomic E-state index is -0.806. The van der Waals surface area contributed by atoms with E-state index in [1.54, 1.807) is 0 Å². The standard InChI is InChI=1S/C24H22O4/c1-27-19(25)23-11-21-13-24(23,20(26)28-2)14-22(21,12-23)18-10-6-4-8-16(18)15-7-3-5-9-17(15)21/h3-10H,11-14H2,1-2H3. The fourth-order valence-corrected chi connectivity index (χ4v) is 7.90. The van der Waals surface area contributed by atoms with E-state index in [0.717, 1.165) is 0 Å². The van der Waals surface area contributed by atoms with Crippen LogP contribution in [0.25, 0.3) is 11.1 Å². The molecule has 0 N–H and O–H groups in total. The predicted octanol–water partition coefficient (Wildman–Crippen LogP) is 3.76. The molecule has 0 amide bonds. The van der Waals surface area contributed by atoms with Gasteiger partial charge in [0.2, 0.25) is 0 Å². The molecule has 0 atom stereocenters. The fourth-order valence-electron chi connectivity index (χ4n) is 7.90. The number of hydrogen-bond acceptors (Lipinski definition) is 4. The number of methoxy groups -OCH3 is 2. The number of rotatable bonds is 2. The molecule has 0 aliphatic heterocycles. The van der Waals surface area contributed by atoms with Gasteiger partial charge in [-0.1, -0.05) is 48.5 Å². The number of benzene rings is 2. The van der Waals surface area contributed by atoms with Gasteiger partial charge in [0.25, 0.3) is 0 Å². The Labute approximate surface area is 163 Å². The maximum Gasteiger partial charge on any atom is 0.313 e. The highest BCUT2D eigenvalue weighted by Crippen LogP contribution is 2.88. The average Bonchev–Trinajstić information content (AvgIpc) is 3.40. The van der Waals surface area contributed by atoms with Crippen molar-refractivity contribution in [1.82, 2.24) is 0 Å². The van der Waals surface area contributed by atoms with Gasteiger partial charge in [0.1, 0.15) is 0 Å². The molecule has 0 aromatic heterocycles. The zero-order valence-electron chi connectivity index (χ0n) is 16.1. The van der Waals surface area contributed by atoms with E-state index < -0.39 is 10.8 Å². The topological polar surface area (TPSA) is 52.6 Å². The molecule has 0 unspecified atom stereocenters. The van der Waals surface area contributed by atoms with Crippen molar-refractivity contribution < 1.29 is 19.1 Å². The van der Waals surface area contributed by atoms with E-state index in [-0.39, 0.29) is 22.8 Å². The Balaban J connectivity index is 1.73. The Hall–Kier alpha value is -2.62. The van der Waals surface area contributed by atoms with E-state index in [1.807, 2.05) is 0 Å². The molecule has 0 heterocycles. The lowest BCUT2D eigenvalue weighted by atomic mass is 9.55. The third-order valence-electron chi connectivity index (χ3n) is 8.57. The molecule has 4 fully saturated rings. The molecule has 4 bridgehead atoms. The van der Waals surface area contributed by atoms with Crippen molar-refractivity contribution in [2.75, 3.05) is 14.2 Å². The fraction of sp³-hybridized carbons (Fsp3) is 0.417. The zero-order valence-corrected chi connectivity index (χ0v) is 16.1. The van der Waals surface area contributed by atoms with Crippen LogP contribution in [0, 0.1) is 10.8 Å². The van der Waals surface area contributed by atoms with Gasteiger partial charge in [0.05, 0.1) is 25.0 Å². The van der Waals surface area contributed by atoms with E-state index in [1.165, 1.54) is 36.5 Å². The van der Waals surface area contributed by atoms with Crippen LogP contribution in [-0.4, -0.2) is 26.2 Å². The summed E-state index contributed by atoms with van der Waals surface area (Å²) in [6, 6.07) is 17.0. The van der Waals surface area contributed by atoms with Crippen molar-refractivity contribution in [2.45, 2.75) is 36.5 Å². The van der Waals surface area contributed by atoms with Gasteiger partial charge in [0.15, 0.2) is 0 Å². The molecule has 4 saturated carbocycles. The van der Waals surface area contributed by atoms with Crippen molar-refractivity contribution in [2.24, 2.45) is 10.8 Å². The maximum absolute atomic E-state index is 13.2. The Morgan fingerprint density at radius 1 is 0.679 bits per heavy atom. The summed E-state index contributed by atoms with van der Waals surface area (Å²) in [5.41, 5.74) is 2.97. The number of carbonyl (C=O) groups is 2. The van der Waals surface area contributed by atoms with Gasteiger partial charge in [-0.3, -0.25) is 9.59 Å². The predicted molar refractivity (Wildman–Crippen MR) is 103 cm³/mol. The van der Waals surface area contributed by atoms with Crippen LogP contribution in [-0.2, 0) is 29.9 Å². The van der Waals surface area contributed by atoms with E-state index >= 15 is 0 Å². The Morgan fingerprint density at radius 3 is 1.39 bits per heavy atom. The average molecular weight is 374 g/mol. The molecular formula is C24H22O4. The normalized spacial score (nSPS) is 37.9. The lowest BCUT2D eigenvalue weighted by molar-refractivity contribution is -0.172. The Kier molecular flexibility index (Phi) is 2.73. The third-order valence-corrected chi connectivity index (χ3v) is 8.57. The summed E-state index contributed by atoms with van der Waals surface area (Å²) in [5.74, 6) is -0.507. The van der Waals surface area contributed by atoms with Crippen molar-refractivity contribution in [3.8, 4) is 11.1 Å². The lowest BCUT2D eigenvalue weighted by Gasteiger charge is -2.47. The molecule has 2 spiro atoms. The number of hydrogen-bond donors (Lipinski definition) is 0. The molecule has 0 radical (unpaired) electrons. The van der Waals surface area contributed by atoms with Crippen molar-refractivity contribution in [3.05, 3.63) is 59.7 Å². The van der Waals surface area contributed by atoms with Crippen LogP contribution in [0.1, 0.15) is 36.8 Å². The minimum absolute atomic E-state index is 0.222. The van der Waals surface area contributed by atoms with Crippen LogP contribution in [0.15, 0.2) is 48.5 Å². The molecule has 2 aromatic carbocycles. The molecule has 4 nitrogen and oxygen atoms in total. The number of esters is 2. The molecule has 0 saturated heterocycles. The van der Waals surface area contributed by atoms with E-state index in [0.29, 0.717) is 25.7 Å². The van der Waals surface area contributed by atoms with E-state index in [2.05, 4.69) is 48.5 Å². The van der Waals surface area contributed by atoms with Gasteiger partial charge < -0.3 is 9.47 Å². The maximum atomic E-state index is 13.2. The van der Waals surface area contributed by atoms with Crippen LogP contribution >= 0.6 is 0 Å². The summed E-state index contributed by atoms with van der Waals surface area (Å²) in [5, 5.41) is 0. The molecule has 28 heavy (non-hydrogen) atoms. The first-order chi connectivity index (χ1) is 13.5. The van der Waals surface area contributed by atoms with Gasteiger partial charge in [-0.15, -0.1) is 0 Å². The first kappa shape index (κ1) is 16.3. The second-order valence-corrected chi connectivity index (χ2v) is 9.11. The summed E-state index contributed by atoms with van der Waals surface area (Å²) in [7, 11) is 2.87. The molecule has 2 aromatic rings. The zero-order chi connectivity index (χ0) is 19.4. The monoisotopic (exact) mass is 374 g/mol.